The molecule has 0 rings (SSSR count). The van der Waals surface area contributed by atoms with Crippen LogP contribution in [0.3, 0.4) is 0 Å². The van der Waals surface area contributed by atoms with E-state index in [-0.39, 0.29) is 10.8 Å². The molecule has 0 aromatic rings. The molecule has 0 radical (unpaired) electrons. The molecule has 0 aliphatic carbocycles. The summed E-state index contributed by atoms with van der Waals surface area (Å²) in [5, 5.41) is 7.19. The fourth-order valence-corrected chi connectivity index (χ4v) is 0.898. The summed E-state index contributed by atoms with van der Waals surface area (Å²) in [5.74, 6) is 0. The zero-order valence-electron chi connectivity index (χ0n) is 10.3. The third kappa shape index (κ3) is 9.78. The summed E-state index contributed by atoms with van der Waals surface area (Å²) < 4.78 is 0. The molecular weight excluding hydrogens is 192 g/mol. The highest BCUT2D eigenvalue weighted by atomic mass is 32.1. The van der Waals surface area contributed by atoms with Crippen molar-refractivity contribution in [2.75, 3.05) is 13.1 Å². The molecule has 0 aliphatic rings. The number of hydrogen-bond donors (Lipinski definition) is 2. The van der Waals surface area contributed by atoms with E-state index in [4.69, 9.17) is 12.2 Å². The van der Waals surface area contributed by atoms with E-state index in [1.165, 1.54) is 0 Å². The minimum Gasteiger partial charge on any atom is -0.362 e. The van der Waals surface area contributed by atoms with Gasteiger partial charge in [0.15, 0.2) is 5.11 Å². The van der Waals surface area contributed by atoms with Crippen LogP contribution < -0.4 is 10.6 Å². The molecule has 0 aromatic carbocycles. The molecule has 0 heterocycles. The van der Waals surface area contributed by atoms with E-state index < -0.39 is 0 Å². The van der Waals surface area contributed by atoms with E-state index in [1.807, 2.05) is 0 Å². The maximum absolute atomic E-state index is 5.17. The summed E-state index contributed by atoms with van der Waals surface area (Å²) in [6.07, 6.45) is 0. The SMILES string of the molecule is CC(C)(C)CNC(=S)NCC(C)(C)C. The third-order valence-corrected chi connectivity index (χ3v) is 1.85. The van der Waals surface area contributed by atoms with Gasteiger partial charge in [-0.1, -0.05) is 41.5 Å². The van der Waals surface area contributed by atoms with Crippen molar-refractivity contribution in [1.29, 1.82) is 0 Å². The molecule has 0 atom stereocenters. The van der Waals surface area contributed by atoms with Crippen molar-refractivity contribution in [1.82, 2.24) is 10.6 Å². The average Bonchev–Trinajstić information content (AvgIpc) is 1.94. The molecule has 0 spiro atoms. The Hall–Kier alpha value is -0.310. The lowest BCUT2D eigenvalue weighted by atomic mass is 9.97. The second kappa shape index (κ2) is 4.96. The number of thiocarbonyl (C=S) groups is 1. The zero-order valence-corrected chi connectivity index (χ0v) is 11.1. The van der Waals surface area contributed by atoms with E-state index in [1.54, 1.807) is 0 Å². The smallest absolute Gasteiger partial charge is 0.166 e. The van der Waals surface area contributed by atoms with Crippen LogP contribution in [0.25, 0.3) is 0 Å². The Labute approximate surface area is 93.8 Å². The fraction of sp³-hybridized carbons (Fsp3) is 0.909. The van der Waals surface area contributed by atoms with Crippen LogP contribution in [-0.2, 0) is 0 Å². The summed E-state index contributed by atoms with van der Waals surface area (Å²) in [5.41, 5.74) is 0.543. The summed E-state index contributed by atoms with van der Waals surface area (Å²) in [4.78, 5) is 0. The van der Waals surface area contributed by atoms with Gasteiger partial charge in [-0.05, 0) is 23.0 Å². The molecule has 0 aliphatic heterocycles. The molecule has 2 N–H and O–H groups in total. The minimum absolute atomic E-state index is 0.271. The summed E-state index contributed by atoms with van der Waals surface area (Å²) >= 11 is 5.17. The quantitative estimate of drug-likeness (QED) is 0.694. The fourth-order valence-electron chi connectivity index (χ4n) is 0.753. The van der Waals surface area contributed by atoms with Gasteiger partial charge in [0.1, 0.15) is 0 Å². The Morgan fingerprint density at radius 2 is 1.14 bits per heavy atom. The molecular formula is C11H24N2S. The summed E-state index contributed by atoms with van der Waals surface area (Å²) in [6.45, 7) is 14.9. The van der Waals surface area contributed by atoms with Gasteiger partial charge >= 0.3 is 0 Å². The first-order valence-corrected chi connectivity index (χ1v) is 5.53. The van der Waals surface area contributed by atoms with Gasteiger partial charge in [-0.2, -0.15) is 0 Å². The van der Waals surface area contributed by atoms with Crippen molar-refractivity contribution in [3.8, 4) is 0 Å². The first-order chi connectivity index (χ1) is 6.10. The highest BCUT2D eigenvalue weighted by Crippen LogP contribution is 2.11. The predicted octanol–water partition coefficient (Wildman–Crippen LogP) is 2.54. The Morgan fingerprint density at radius 1 is 0.857 bits per heavy atom. The lowest BCUT2D eigenvalue weighted by Crippen LogP contribution is -2.42. The van der Waals surface area contributed by atoms with Gasteiger partial charge in [-0.15, -0.1) is 0 Å². The average molecular weight is 216 g/mol. The number of rotatable bonds is 2. The van der Waals surface area contributed by atoms with Crippen LogP contribution in [0, 0.1) is 10.8 Å². The van der Waals surface area contributed by atoms with Crippen molar-refractivity contribution in [3.63, 3.8) is 0 Å². The number of nitrogens with one attached hydrogen (secondary N) is 2. The first-order valence-electron chi connectivity index (χ1n) is 5.12. The van der Waals surface area contributed by atoms with Gasteiger partial charge in [-0.25, -0.2) is 0 Å². The minimum atomic E-state index is 0.271. The van der Waals surface area contributed by atoms with E-state index in [0.717, 1.165) is 18.2 Å². The molecule has 14 heavy (non-hydrogen) atoms. The van der Waals surface area contributed by atoms with Crippen LogP contribution in [0.15, 0.2) is 0 Å². The van der Waals surface area contributed by atoms with E-state index >= 15 is 0 Å². The zero-order chi connectivity index (χ0) is 11.4. The molecule has 2 nitrogen and oxygen atoms in total. The summed E-state index contributed by atoms with van der Waals surface area (Å²) in [6, 6.07) is 0. The second-order valence-corrected chi connectivity index (χ2v) is 6.57. The van der Waals surface area contributed by atoms with Gasteiger partial charge in [0.05, 0.1) is 0 Å². The Bertz CT molecular complexity index is 166. The van der Waals surface area contributed by atoms with Crippen LogP contribution in [-0.4, -0.2) is 18.2 Å². The maximum atomic E-state index is 5.17. The third-order valence-electron chi connectivity index (χ3n) is 1.56. The lowest BCUT2D eigenvalue weighted by Gasteiger charge is -2.23. The summed E-state index contributed by atoms with van der Waals surface area (Å²) in [7, 11) is 0. The van der Waals surface area contributed by atoms with E-state index in [2.05, 4.69) is 52.2 Å². The van der Waals surface area contributed by atoms with Crippen molar-refractivity contribution < 1.29 is 0 Å². The predicted molar refractivity (Wildman–Crippen MR) is 67.5 cm³/mol. The highest BCUT2D eigenvalue weighted by molar-refractivity contribution is 7.80. The molecule has 0 unspecified atom stereocenters. The van der Waals surface area contributed by atoms with Crippen molar-refractivity contribution >= 4 is 17.3 Å². The van der Waals surface area contributed by atoms with E-state index in [9.17, 15) is 0 Å². The van der Waals surface area contributed by atoms with Gasteiger partial charge < -0.3 is 10.6 Å². The maximum Gasteiger partial charge on any atom is 0.166 e. The second-order valence-electron chi connectivity index (χ2n) is 6.16. The number of hydrogen-bond acceptors (Lipinski definition) is 1. The molecule has 0 bridgehead atoms. The monoisotopic (exact) mass is 216 g/mol. The molecule has 3 heteroatoms. The largest absolute Gasteiger partial charge is 0.362 e. The molecule has 0 saturated heterocycles. The van der Waals surface area contributed by atoms with Gasteiger partial charge in [0.2, 0.25) is 0 Å². The van der Waals surface area contributed by atoms with Crippen LogP contribution in [0.2, 0.25) is 0 Å². The highest BCUT2D eigenvalue weighted by Gasteiger charge is 2.12. The lowest BCUT2D eigenvalue weighted by molar-refractivity contribution is 0.394. The molecule has 0 fully saturated rings. The normalized spacial score (nSPS) is 12.4. The topological polar surface area (TPSA) is 24.1 Å². The van der Waals surface area contributed by atoms with Gasteiger partial charge in [-0.3, -0.25) is 0 Å². The van der Waals surface area contributed by atoms with Crippen LogP contribution in [0.1, 0.15) is 41.5 Å². The first kappa shape index (κ1) is 13.7. The molecule has 84 valence electrons. The standard InChI is InChI=1S/C11H24N2S/c1-10(2,3)7-12-9(14)13-8-11(4,5)6/h7-8H2,1-6H3,(H2,12,13,14). The van der Waals surface area contributed by atoms with Gasteiger partial charge in [0, 0.05) is 13.1 Å². The van der Waals surface area contributed by atoms with Gasteiger partial charge in [0.25, 0.3) is 0 Å². The van der Waals surface area contributed by atoms with Crippen molar-refractivity contribution in [2.45, 2.75) is 41.5 Å². The van der Waals surface area contributed by atoms with Crippen LogP contribution in [0.4, 0.5) is 0 Å². The Kier molecular flexibility index (Phi) is 4.85. The van der Waals surface area contributed by atoms with Crippen molar-refractivity contribution in [2.24, 2.45) is 10.8 Å². The molecule has 0 saturated carbocycles. The Morgan fingerprint density at radius 3 is 1.36 bits per heavy atom. The molecule has 0 aromatic heterocycles. The van der Waals surface area contributed by atoms with E-state index in [0.29, 0.717) is 0 Å². The molecule has 0 amide bonds. The Balaban J connectivity index is 3.68. The van der Waals surface area contributed by atoms with Crippen LogP contribution in [0.5, 0.6) is 0 Å². The van der Waals surface area contributed by atoms with Crippen molar-refractivity contribution in [3.05, 3.63) is 0 Å². The van der Waals surface area contributed by atoms with Crippen LogP contribution >= 0.6 is 12.2 Å².